The lowest BCUT2D eigenvalue weighted by atomic mass is 9.69. The maximum absolute atomic E-state index is 10.9. The first-order valence-electron chi connectivity index (χ1n) is 9.05. The monoisotopic (exact) mass is 333 g/mol. The molecule has 4 heteroatoms. The molecular formula is C20H31NO3. The SMILES string of the molecule is COc1cc2c(cc1OC)C1C[C@@H](O)[C@@](C)(CC(C)C)CN1CC2. The second-order valence-electron chi connectivity index (χ2n) is 8.15. The van der Waals surface area contributed by atoms with Crippen molar-refractivity contribution in [3.05, 3.63) is 23.3 Å². The van der Waals surface area contributed by atoms with E-state index in [0.29, 0.717) is 5.92 Å². The van der Waals surface area contributed by atoms with E-state index in [2.05, 4.69) is 37.8 Å². The largest absolute Gasteiger partial charge is 0.493 e. The van der Waals surface area contributed by atoms with E-state index in [9.17, 15) is 5.11 Å². The summed E-state index contributed by atoms with van der Waals surface area (Å²) in [7, 11) is 3.36. The fourth-order valence-electron chi connectivity index (χ4n) is 4.74. The summed E-state index contributed by atoms with van der Waals surface area (Å²) >= 11 is 0. The Bertz CT molecular complexity index is 601. The van der Waals surface area contributed by atoms with Crippen molar-refractivity contribution in [2.45, 2.75) is 52.2 Å². The smallest absolute Gasteiger partial charge is 0.161 e. The van der Waals surface area contributed by atoms with Crippen molar-refractivity contribution in [2.75, 3.05) is 27.3 Å². The molecule has 1 saturated heterocycles. The summed E-state index contributed by atoms with van der Waals surface area (Å²) in [5.74, 6) is 2.18. The van der Waals surface area contributed by atoms with Gasteiger partial charge in [-0.05, 0) is 48.4 Å². The molecule has 1 unspecified atom stereocenters. The molecule has 1 aromatic carbocycles. The summed E-state index contributed by atoms with van der Waals surface area (Å²) in [6.45, 7) is 8.75. The number of methoxy groups -OCH3 is 2. The van der Waals surface area contributed by atoms with Crippen LogP contribution in [-0.2, 0) is 6.42 Å². The van der Waals surface area contributed by atoms with Gasteiger partial charge in [-0.3, -0.25) is 4.90 Å². The summed E-state index contributed by atoms with van der Waals surface area (Å²) in [6.07, 6.45) is 2.63. The first-order valence-corrected chi connectivity index (χ1v) is 9.05. The number of hydrogen-bond acceptors (Lipinski definition) is 4. The van der Waals surface area contributed by atoms with Crippen LogP contribution < -0.4 is 9.47 Å². The minimum atomic E-state index is -0.264. The predicted molar refractivity (Wildman–Crippen MR) is 95.7 cm³/mol. The Balaban J connectivity index is 1.91. The number of rotatable bonds is 4. The highest BCUT2D eigenvalue weighted by molar-refractivity contribution is 5.49. The number of hydrogen-bond donors (Lipinski definition) is 1. The predicted octanol–water partition coefficient (Wildman–Crippen LogP) is 3.42. The second-order valence-corrected chi connectivity index (χ2v) is 8.15. The number of aliphatic hydroxyl groups excluding tert-OH is 1. The van der Waals surface area contributed by atoms with Crippen LogP contribution in [0.5, 0.6) is 11.5 Å². The Morgan fingerprint density at radius 2 is 1.92 bits per heavy atom. The van der Waals surface area contributed by atoms with E-state index in [4.69, 9.17) is 9.47 Å². The number of fused-ring (bicyclic) bond motifs is 3. The van der Waals surface area contributed by atoms with Gasteiger partial charge < -0.3 is 14.6 Å². The number of nitrogens with zero attached hydrogens (tertiary/aromatic N) is 1. The van der Waals surface area contributed by atoms with Crippen LogP contribution in [0.3, 0.4) is 0 Å². The quantitative estimate of drug-likeness (QED) is 0.917. The van der Waals surface area contributed by atoms with Gasteiger partial charge >= 0.3 is 0 Å². The summed E-state index contributed by atoms with van der Waals surface area (Å²) in [6, 6.07) is 4.51. The highest BCUT2D eigenvalue weighted by atomic mass is 16.5. The Hall–Kier alpha value is -1.26. The molecule has 0 spiro atoms. The van der Waals surface area contributed by atoms with E-state index in [1.807, 2.05) is 0 Å². The lowest BCUT2D eigenvalue weighted by Gasteiger charge is -2.51. The molecule has 0 aromatic heterocycles. The molecule has 1 aromatic rings. The van der Waals surface area contributed by atoms with Crippen molar-refractivity contribution in [3.8, 4) is 11.5 Å². The summed E-state index contributed by atoms with van der Waals surface area (Å²) < 4.78 is 10.9. The lowest BCUT2D eigenvalue weighted by molar-refractivity contribution is -0.0754. The molecule has 1 N–H and O–H groups in total. The van der Waals surface area contributed by atoms with Crippen LogP contribution >= 0.6 is 0 Å². The lowest BCUT2D eigenvalue weighted by Crippen LogP contribution is -2.53. The van der Waals surface area contributed by atoms with E-state index in [1.165, 1.54) is 11.1 Å². The van der Waals surface area contributed by atoms with E-state index in [0.717, 1.165) is 43.9 Å². The van der Waals surface area contributed by atoms with Crippen molar-refractivity contribution in [1.82, 2.24) is 4.90 Å². The zero-order valence-electron chi connectivity index (χ0n) is 15.6. The van der Waals surface area contributed by atoms with Gasteiger partial charge in [-0.2, -0.15) is 0 Å². The van der Waals surface area contributed by atoms with E-state index >= 15 is 0 Å². The topological polar surface area (TPSA) is 41.9 Å². The molecule has 0 amide bonds. The molecule has 0 bridgehead atoms. The van der Waals surface area contributed by atoms with E-state index in [-0.39, 0.29) is 17.6 Å². The molecule has 3 rings (SSSR count). The maximum atomic E-state index is 10.9. The van der Waals surface area contributed by atoms with Crippen LogP contribution in [0.1, 0.15) is 50.8 Å². The number of ether oxygens (including phenoxy) is 2. The molecule has 1 fully saturated rings. The van der Waals surface area contributed by atoms with Crippen LogP contribution in [0, 0.1) is 11.3 Å². The fourth-order valence-corrected chi connectivity index (χ4v) is 4.74. The van der Waals surface area contributed by atoms with Gasteiger partial charge in [0, 0.05) is 24.5 Å². The van der Waals surface area contributed by atoms with E-state index in [1.54, 1.807) is 14.2 Å². The van der Waals surface area contributed by atoms with Gasteiger partial charge in [-0.1, -0.05) is 20.8 Å². The first-order chi connectivity index (χ1) is 11.4. The van der Waals surface area contributed by atoms with Crippen LogP contribution in [0.2, 0.25) is 0 Å². The Labute approximate surface area is 145 Å². The van der Waals surface area contributed by atoms with Gasteiger partial charge in [0.1, 0.15) is 0 Å². The van der Waals surface area contributed by atoms with Gasteiger partial charge in [0.15, 0.2) is 11.5 Å². The van der Waals surface area contributed by atoms with Gasteiger partial charge in [0.25, 0.3) is 0 Å². The minimum absolute atomic E-state index is 0.0152. The van der Waals surface area contributed by atoms with Crippen LogP contribution in [0.15, 0.2) is 12.1 Å². The van der Waals surface area contributed by atoms with E-state index < -0.39 is 0 Å². The summed E-state index contributed by atoms with van der Waals surface area (Å²) in [5.41, 5.74) is 2.61. The zero-order chi connectivity index (χ0) is 17.5. The molecule has 2 aliphatic rings. The van der Waals surface area contributed by atoms with Gasteiger partial charge in [-0.15, -0.1) is 0 Å². The number of aliphatic hydroxyl groups is 1. The van der Waals surface area contributed by atoms with Gasteiger partial charge in [0.05, 0.1) is 20.3 Å². The summed E-state index contributed by atoms with van der Waals surface area (Å²) in [5, 5.41) is 10.9. The van der Waals surface area contributed by atoms with Crippen LogP contribution in [0.4, 0.5) is 0 Å². The zero-order valence-corrected chi connectivity index (χ0v) is 15.6. The van der Waals surface area contributed by atoms with Gasteiger partial charge in [0.2, 0.25) is 0 Å². The number of piperidine rings is 1. The maximum Gasteiger partial charge on any atom is 0.161 e. The van der Waals surface area contributed by atoms with Gasteiger partial charge in [-0.25, -0.2) is 0 Å². The standard InChI is InChI=1S/C20H31NO3/c1-13(2)11-20(3)12-21-7-6-14-8-17(23-4)18(24-5)9-15(14)16(21)10-19(20)22/h8-9,13,16,19,22H,6-7,10-12H2,1-5H3/t16?,19-,20+/m1/s1. The second kappa shape index (κ2) is 6.57. The molecule has 0 aliphatic carbocycles. The van der Waals surface area contributed by atoms with Crippen molar-refractivity contribution in [1.29, 1.82) is 0 Å². The van der Waals surface area contributed by atoms with Crippen molar-refractivity contribution in [3.63, 3.8) is 0 Å². The van der Waals surface area contributed by atoms with Crippen molar-refractivity contribution in [2.24, 2.45) is 11.3 Å². The Morgan fingerprint density at radius 3 is 2.54 bits per heavy atom. The molecular weight excluding hydrogens is 302 g/mol. The minimum Gasteiger partial charge on any atom is -0.493 e. The van der Waals surface area contributed by atoms with Crippen LogP contribution in [-0.4, -0.2) is 43.4 Å². The Morgan fingerprint density at radius 1 is 1.25 bits per heavy atom. The third-order valence-electron chi connectivity index (χ3n) is 5.80. The van der Waals surface area contributed by atoms with Crippen LogP contribution in [0.25, 0.3) is 0 Å². The normalized spacial score (nSPS) is 30.0. The fraction of sp³-hybridized carbons (Fsp3) is 0.700. The molecule has 134 valence electrons. The molecule has 24 heavy (non-hydrogen) atoms. The third kappa shape index (κ3) is 3.02. The summed E-state index contributed by atoms with van der Waals surface area (Å²) in [4.78, 5) is 2.56. The number of benzene rings is 1. The first kappa shape index (κ1) is 17.6. The molecule has 2 heterocycles. The van der Waals surface area contributed by atoms with Crippen molar-refractivity contribution >= 4 is 0 Å². The highest BCUT2D eigenvalue weighted by Gasteiger charge is 2.45. The highest BCUT2D eigenvalue weighted by Crippen LogP contribution is 2.47. The average Bonchev–Trinajstić information content (AvgIpc) is 2.54. The Kier molecular flexibility index (Phi) is 4.80. The molecule has 3 atom stereocenters. The molecule has 0 saturated carbocycles. The van der Waals surface area contributed by atoms with Crippen molar-refractivity contribution < 1.29 is 14.6 Å². The molecule has 0 radical (unpaired) electrons. The molecule has 4 nitrogen and oxygen atoms in total. The average molecular weight is 333 g/mol. The third-order valence-corrected chi connectivity index (χ3v) is 5.80. The molecule has 2 aliphatic heterocycles.